The maximum absolute atomic E-state index is 2.55. The third kappa shape index (κ3) is 22.0. The van der Waals surface area contributed by atoms with E-state index >= 15 is 0 Å². The van der Waals surface area contributed by atoms with Gasteiger partial charge >= 0.3 is 0 Å². The number of unbranched alkanes of at least 4 members (excludes halogenated alkanes) is 23. The van der Waals surface area contributed by atoms with E-state index in [2.05, 4.69) is 43.8 Å². The topological polar surface area (TPSA) is 3.88 Å². The van der Waals surface area contributed by atoms with Crippen LogP contribution in [0, 0.1) is 0 Å². The van der Waals surface area contributed by atoms with E-state index < -0.39 is 0 Å². The van der Waals surface area contributed by atoms with E-state index in [0.29, 0.717) is 0 Å². The number of hydrogen-bond donors (Lipinski definition) is 0. The van der Waals surface area contributed by atoms with E-state index in [0.717, 1.165) is 0 Å². The van der Waals surface area contributed by atoms with Gasteiger partial charge < -0.3 is 0 Å². The molecule has 1 aromatic rings. The number of pyridine rings is 1. The highest BCUT2D eigenvalue weighted by Gasteiger charge is 2.09. The van der Waals surface area contributed by atoms with Gasteiger partial charge in [0.05, 0.1) is 0 Å². The third-order valence-corrected chi connectivity index (χ3v) is 8.44. The van der Waals surface area contributed by atoms with Crippen LogP contribution < -0.4 is 4.57 Å². The van der Waals surface area contributed by atoms with Crippen LogP contribution in [0.3, 0.4) is 0 Å². The largest absolute Gasteiger partial charge is 0.205 e. The van der Waals surface area contributed by atoms with Crippen LogP contribution in [0.1, 0.15) is 199 Å². The first-order chi connectivity index (χ1) is 18.8. The lowest BCUT2D eigenvalue weighted by molar-refractivity contribution is -0.698. The molecule has 1 aromatic heterocycles. The van der Waals surface area contributed by atoms with E-state index in [1.807, 2.05) is 0 Å². The Balaban J connectivity index is 2.35. The third-order valence-electron chi connectivity index (χ3n) is 8.44. The van der Waals surface area contributed by atoms with E-state index in [1.54, 1.807) is 11.1 Å². The maximum atomic E-state index is 2.55. The second kappa shape index (κ2) is 27.7. The zero-order valence-corrected chi connectivity index (χ0v) is 26.7. The molecule has 0 aromatic carbocycles. The Morgan fingerprint density at radius 3 is 1.00 bits per heavy atom. The van der Waals surface area contributed by atoms with Crippen molar-refractivity contribution >= 4 is 0 Å². The van der Waals surface area contributed by atoms with Gasteiger partial charge in [0.1, 0.15) is 6.54 Å². The van der Waals surface area contributed by atoms with Gasteiger partial charge in [-0.25, -0.2) is 4.57 Å². The SMILES string of the molecule is CCCCCCCCCCCCc1cc(CCCCCCCCCCCC)c[n+](CCCCCCCC)c1. The van der Waals surface area contributed by atoms with Crippen molar-refractivity contribution in [3.05, 3.63) is 29.6 Å². The Morgan fingerprint density at radius 1 is 0.368 bits per heavy atom. The zero-order chi connectivity index (χ0) is 27.4. The van der Waals surface area contributed by atoms with Gasteiger partial charge in [0.15, 0.2) is 12.4 Å². The van der Waals surface area contributed by atoms with Crippen LogP contribution in [0.15, 0.2) is 18.5 Å². The molecular weight excluding hydrogens is 458 g/mol. The first kappa shape index (κ1) is 35.2. The second-order valence-electron chi connectivity index (χ2n) is 12.4. The summed E-state index contributed by atoms with van der Waals surface area (Å²) in [5, 5.41) is 0. The predicted molar refractivity (Wildman–Crippen MR) is 171 cm³/mol. The summed E-state index contributed by atoms with van der Waals surface area (Å²) >= 11 is 0. The molecule has 1 heteroatoms. The highest BCUT2D eigenvalue weighted by atomic mass is 14.9. The van der Waals surface area contributed by atoms with Crippen LogP contribution in [-0.4, -0.2) is 0 Å². The number of rotatable bonds is 29. The van der Waals surface area contributed by atoms with Crippen LogP contribution in [-0.2, 0) is 19.4 Å². The Kier molecular flexibility index (Phi) is 25.6. The van der Waals surface area contributed by atoms with Crippen molar-refractivity contribution in [1.82, 2.24) is 0 Å². The number of hydrogen-bond acceptors (Lipinski definition) is 0. The highest BCUT2D eigenvalue weighted by Crippen LogP contribution is 2.15. The van der Waals surface area contributed by atoms with E-state index in [9.17, 15) is 0 Å². The Labute approximate surface area is 241 Å². The lowest BCUT2D eigenvalue weighted by atomic mass is 10.0. The molecule has 1 heterocycles. The highest BCUT2D eigenvalue weighted by molar-refractivity contribution is 5.15. The molecule has 0 spiro atoms. The first-order valence-corrected chi connectivity index (χ1v) is 17.8. The molecule has 0 aliphatic heterocycles. The zero-order valence-electron chi connectivity index (χ0n) is 26.7. The monoisotopic (exact) mass is 529 g/mol. The Hall–Kier alpha value is -0.850. The lowest BCUT2D eigenvalue weighted by Gasteiger charge is -2.07. The molecule has 0 amide bonds. The molecule has 0 radical (unpaired) electrons. The molecule has 0 aliphatic carbocycles. The molecule has 1 rings (SSSR count). The van der Waals surface area contributed by atoms with E-state index in [-0.39, 0.29) is 0 Å². The summed E-state index contributed by atoms with van der Waals surface area (Å²) in [6, 6.07) is 2.55. The van der Waals surface area contributed by atoms with Gasteiger partial charge in [-0.1, -0.05) is 162 Å². The molecule has 0 aliphatic rings. The van der Waals surface area contributed by atoms with Gasteiger partial charge in [-0.05, 0) is 38.2 Å². The fourth-order valence-corrected chi connectivity index (χ4v) is 5.89. The number of nitrogens with zero attached hydrogens (tertiary/aromatic N) is 1. The van der Waals surface area contributed by atoms with Crippen molar-refractivity contribution in [1.29, 1.82) is 0 Å². The van der Waals surface area contributed by atoms with Crippen molar-refractivity contribution in [3.63, 3.8) is 0 Å². The van der Waals surface area contributed by atoms with Gasteiger partial charge in [0, 0.05) is 17.5 Å². The summed E-state index contributed by atoms with van der Waals surface area (Å²) in [5.74, 6) is 0. The van der Waals surface area contributed by atoms with Gasteiger partial charge in [-0.15, -0.1) is 0 Å². The standard InChI is InChI=1S/C37H70N/c1-4-7-10-13-16-18-20-22-24-27-30-36-33-37(31-28-25-23-21-19-17-14-11-8-5-2)35-38(34-36)32-29-26-15-12-9-6-3/h33-35H,4-32H2,1-3H3/q+1. The first-order valence-electron chi connectivity index (χ1n) is 17.8. The Morgan fingerprint density at radius 2 is 0.658 bits per heavy atom. The second-order valence-corrected chi connectivity index (χ2v) is 12.4. The molecule has 1 nitrogen and oxygen atoms in total. The molecule has 222 valence electrons. The van der Waals surface area contributed by atoms with Gasteiger partial charge in [0.2, 0.25) is 0 Å². The van der Waals surface area contributed by atoms with Gasteiger partial charge in [-0.2, -0.15) is 0 Å². The summed E-state index contributed by atoms with van der Waals surface area (Å²) in [6.07, 6.45) is 44.4. The number of aromatic nitrogens is 1. The van der Waals surface area contributed by atoms with Crippen LogP contribution in [0.5, 0.6) is 0 Å². The fraction of sp³-hybridized carbons (Fsp3) is 0.865. The van der Waals surface area contributed by atoms with Crippen molar-refractivity contribution in [3.8, 4) is 0 Å². The minimum Gasteiger partial charge on any atom is -0.205 e. The van der Waals surface area contributed by atoms with Crippen LogP contribution in [0.2, 0.25) is 0 Å². The van der Waals surface area contributed by atoms with Gasteiger partial charge in [-0.3, -0.25) is 0 Å². The minimum absolute atomic E-state index is 1.21. The average molecular weight is 529 g/mol. The fourth-order valence-electron chi connectivity index (χ4n) is 5.89. The normalized spacial score (nSPS) is 11.4. The maximum Gasteiger partial charge on any atom is 0.171 e. The molecular formula is C37H70N+. The smallest absolute Gasteiger partial charge is 0.171 e. The van der Waals surface area contributed by atoms with Crippen LogP contribution >= 0.6 is 0 Å². The molecule has 38 heavy (non-hydrogen) atoms. The predicted octanol–water partition coefficient (Wildman–Crippen LogP) is 12.3. The van der Waals surface area contributed by atoms with Crippen molar-refractivity contribution < 1.29 is 4.57 Å². The average Bonchev–Trinajstić information content (AvgIpc) is 2.92. The number of aryl methyl sites for hydroxylation is 3. The Bertz CT molecular complexity index is 564. The molecule has 0 saturated heterocycles. The lowest BCUT2D eigenvalue weighted by Crippen LogP contribution is -2.34. The molecule has 0 unspecified atom stereocenters. The summed E-state index contributed by atoms with van der Waals surface area (Å²) in [6.45, 7) is 8.14. The van der Waals surface area contributed by atoms with Crippen LogP contribution in [0.4, 0.5) is 0 Å². The molecule has 0 N–H and O–H groups in total. The molecule has 0 atom stereocenters. The van der Waals surface area contributed by atoms with Crippen molar-refractivity contribution in [2.45, 2.75) is 207 Å². The van der Waals surface area contributed by atoms with Gasteiger partial charge in [0.25, 0.3) is 0 Å². The van der Waals surface area contributed by atoms with E-state index in [1.165, 1.54) is 186 Å². The summed E-state index contributed by atoms with van der Waals surface area (Å²) < 4.78 is 2.55. The molecule has 0 fully saturated rings. The summed E-state index contributed by atoms with van der Waals surface area (Å²) in [7, 11) is 0. The van der Waals surface area contributed by atoms with Crippen LogP contribution in [0.25, 0.3) is 0 Å². The van der Waals surface area contributed by atoms with Crippen molar-refractivity contribution in [2.75, 3.05) is 0 Å². The van der Waals surface area contributed by atoms with Crippen molar-refractivity contribution in [2.24, 2.45) is 0 Å². The minimum atomic E-state index is 1.21. The van der Waals surface area contributed by atoms with E-state index in [4.69, 9.17) is 0 Å². The summed E-state index contributed by atoms with van der Waals surface area (Å²) in [5.41, 5.74) is 3.19. The molecule has 0 bridgehead atoms. The molecule has 0 saturated carbocycles. The quantitative estimate of drug-likeness (QED) is 0.0719. The summed E-state index contributed by atoms with van der Waals surface area (Å²) in [4.78, 5) is 0.